The first-order chi connectivity index (χ1) is 5.17. The molecule has 0 spiro atoms. The van der Waals surface area contributed by atoms with Crippen molar-refractivity contribution in [3.8, 4) is 0 Å². The van der Waals surface area contributed by atoms with Crippen molar-refractivity contribution >= 4 is 19.5 Å². The molecular weight excluding hydrogens is 168 g/mol. The second-order valence-electron chi connectivity index (χ2n) is 2.68. The minimum atomic E-state index is -1.12. The molecule has 0 heterocycles. The number of hydrogen-bond acceptors (Lipinski definition) is 1. The van der Waals surface area contributed by atoms with E-state index in [9.17, 15) is 0 Å². The van der Waals surface area contributed by atoms with Crippen LogP contribution in [0.3, 0.4) is 0 Å². The molecule has 0 N–H and O–H groups in total. The molecule has 3 heteroatoms. The first-order valence-electron chi connectivity index (χ1n) is 3.95. The summed E-state index contributed by atoms with van der Waals surface area (Å²) in [4.78, 5) is 0. The molecule has 0 aliphatic heterocycles. The van der Waals surface area contributed by atoms with E-state index in [2.05, 4.69) is 39.8 Å². The zero-order valence-corrected chi connectivity index (χ0v) is 11.3. The van der Waals surface area contributed by atoms with Crippen LogP contribution in [0.4, 0.5) is 0 Å². The maximum atomic E-state index is 5.60. The molecule has 0 bridgehead atoms. The third kappa shape index (κ3) is 3.18. The molecule has 0 rings (SSSR count). The predicted octanol–water partition coefficient (Wildman–Crippen LogP) is 1.02. The lowest BCUT2D eigenvalue weighted by molar-refractivity contribution is 0.649. The van der Waals surface area contributed by atoms with E-state index in [1.54, 1.807) is 0 Å². The second kappa shape index (κ2) is 5.51. The third-order valence-electron chi connectivity index (χ3n) is 1.97. The quantitative estimate of drug-likeness (QED) is 0.598. The topological polar surface area (TPSA) is 9.23 Å². The number of allylic oxidation sites excluding steroid dienone is 4. The zero-order chi connectivity index (χ0) is 8.85. The van der Waals surface area contributed by atoms with Crippen molar-refractivity contribution in [2.75, 3.05) is 0 Å². The monoisotopic (exact) mass is 186 g/mol. The van der Waals surface area contributed by atoms with Gasteiger partial charge in [0.25, 0.3) is 0 Å². The Morgan fingerprint density at radius 1 is 1.18 bits per heavy atom. The summed E-state index contributed by atoms with van der Waals surface area (Å²) in [6.07, 6.45) is 4.34. The molecule has 11 heavy (non-hydrogen) atoms. The molecule has 0 aromatic rings. The summed E-state index contributed by atoms with van der Waals surface area (Å²) in [6, 6.07) is 0. The maximum absolute atomic E-state index is 5.60. The van der Waals surface area contributed by atoms with Crippen molar-refractivity contribution in [2.24, 2.45) is 0 Å². The minimum absolute atomic E-state index is 0.857. The average Bonchev–Trinajstić information content (AvgIpc) is 2.05. The molecule has 0 aromatic carbocycles. The highest BCUT2D eigenvalue weighted by Crippen LogP contribution is 2.09. The lowest BCUT2D eigenvalue weighted by Gasteiger charge is -2.14. The Morgan fingerprint density at radius 2 is 1.55 bits per heavy atom. The molecule has 0 fully saturated rings. The molecule has 0 saturated carbocycles. The fourth-order valence-electron chi connectivity index (χ4n) is 1.03. The zero-order valence-electron chi connectivity index (χ0n) is 8.14. The van der Waals surface area contributed by atoms with Gasteiger partial charge in [-0.2, -0.15) is 0 Å². The highest BCUT2D eigenvalue weighted by atomic mass is 28.3. The Labute approximate surface area is 74.4 Å². The van der Waals surface area contributed by atoms with Gasteiger partial charge in [-0.25, -0.2) is 0 Å². The fraction of sp³-hybridized carbons (Fsp3) is 0.500. The SMILES string of the molecule is CC=C(C)[SiH](O[SiH3])C(C)=CC. The predicted molar refractivity (Wildman–Crippen MR) is 57.0 cm³/mol. The van der Waals surface area contributed by atoms with Gasteiger partial charge in [-0.3, -0.25) is 0 Å². The van der Waals surface area contributed by atoms with Gasteiger partial charge in [-0.05, 0) is 27.7 Å². The summed E-state index contributed by atoms with van der Waals surface area (Å²) in [6.45, 7) is 8.50. The normalized spacial score (nSPS) is 17.1. The fourth-order valence-corrected chi connectivity index (χ4v) is 5.33. The van der Waals surface area contributed by atoms with Gasteiger partial charge >= 0.3 is 0 Å². The van der Waals surface area contributed by atoms with E-state index in [1.165, 1.54) is 10.4 Å². The summed E-state index contributed by atoms with van der Waals surface area (Å²) in [7, 11) is -0.260. The standard InChI is InChI=1S/C8H18OSi2/c1-5-7(3)11(9-10)8(4)6-2/h5-6,11H,1-4,10H3. The van der Waals surface area contributed by atoms with Crippen molar-refractivity contribution in [3.63, 3.8) is 0 Å². The summed E-state index contributed by atoms with van der Waals surface area (Å²) >= 11 is 0. The number of rotatable bonds is 3. The highest BCUT2D eigenvalue weighted by Gasteiger charge is 2.12. The van der Waals surface area contributed by atoms with Crippen LogP contribution in [0.25, 0.3) is 0 Å². The van der Waals surface area contributed by atoms with Gasteiger partial charge < -0.3 is 4.12 Å². The van der Waals surface area contributed by atoms with Crippen molar-refractivity contribution in [3.05, 3.63) is 22.5 Å². The van der Waals surface area contributed by atoms with Crippen LogP contribution in [-0.4, -0.2) is 19.5 Å². The summed E-state index contributed by atoms with van der Waals surface area (Å²) in [5, 5.41) is 2.88. The van der Waals surface area contributed by atoms with Gasteiger partial charge in [-0.1, -0.05) is 22.5 Å². The van der Waals surface area contributed by atoms with E-state index in [1.807, 2.05) is 0 Å². The summed E-state index contributed by atoms with van der Waals surface area (Å²) < 4.78 is 5.60. The smallest absolute Gasteiger partial charge is 0.218 e. The summed E-state index contributed by atoms with van der Waals surface area (Å²) in [5.41, 5.74) is 0. The Balaban J connectivity index is 4.41. The second-order valence-corrected chi connectivity index (χ2v) is 7.15. The van der Waals surface area contributed by atoms with Crippen molar-refractivity contribution in [1.82, 2.24) is 0 Å². The van der Waals surface area contributed by atoms with Gasteiger partial charge in [0.15, 0.2) is 0 Å². The molecule has 0 radical (unpaired) electrons. The molecule has 0 saturated heterocycles. The molecular formula is C8H18OSi2. The van der Waals surface area contributed by atoms with Gasteiger partial charge in [-0.15, -0.1) is 0 Å². The van der Waals surface area contributed by atoms with E-state index < -0.39 is 9.04 Å². The summed E-state index contributed by atoms with van der Waals surface area (Å²) in [5.74, 6) is 0. The van der Waals surface area contributed by atoms with Crippen molar-refractivity contribution in [2.45, 2.75) is 27.7 Å². The Morgan fingerprint density at radius 3 is 1.73 bits per heavy atom. The first-order valence-corrected chi connectivity index (χ1v) is 6.40. The van der Waals surface area contributed by atoms with E-state index in [-0.39, 0.29) is 0 Å². The van der Waals surface area contributed by atoms with Gasteiger partial charge in [0, 0.05) is 0 Å². The van der Waals surface area contributed by atoms with Crippen molar-refractivity contribution < 1.29 is 4.12 Å². The molecule has 64 valence electrons. The Bertz CT molecular complexity index is 155. The lowest BCUT2D eigenvalue weighted by Crippen LogP contribution is -2.20. The van der Waals surface area contributed by atoms with E-state index in [4.69, 9.17) is 4.12 Å². The van der Waals surface area contributed by atoms with Gasteiger partial charge in [0.05, 0.1) is 0 Å². The van der Waals surface area contributed by atoms with Crippen LogP contribution < -0.4 is 0 Å². The van der Waals surface area contributed by atoms with Crippen LogP contribution >= 0.6 is 0 Å². The van der Waals surface area contributed by atoms with Crippen LogP contribution in [0.1, 0.15) is 27.7 Å². The van der Waals surface area contributed by atoms with Crippen LogP contribution in [0, 0.1) is 0 Å². The third-order valence-corrected chi connectivity index (χ3v) is 6.18. The molecule has 1 nitrogen and oxygen atoms in total. The van der Waals surface area contributed by atoms with Crippen LogP contribution in [0.15, 0.2) is 22.5 Å². The van der Waals surface area contributed by atoms with Crippen LogP contribution in [0.2, 0.25) is 0 Å². The van der Waals surface area contributed by atoms with Gasteiger partial charge in [0.2, 0.25) is 9.04 Å². The van der Waals surface area contributed by atoms with Crippen molar-refractivity contribution in [1.29, 1.82) is 0 Å². The largest absolute Gasteiger partial charge is 0.460 e. The maximum Gasteiger partial charge on any atom is 0.218 e. The van der Waals surface area contributed by atoms with Gasteiger partial charge in [0.1, 0.15) is 10.5 Å². The number of hydrogen-bond donors (Lipinski definition) is 0. The Hall–Kier alpha value is -0.126. The van der Waals surface area contributed by atoms with Crippen LogP contribution in [0.5, 0.6) is 0 Å². The molecule has 0 atom stereocenters. The van der Waals surface area contributed by atoms with Crippen LogP contribution in [-0.2, 0) is 4.12 Å². The average molecular weight is 186 g/mol. The minimum Gasteiger partial charge on any atom is -0.460 e. The molecule has 0 aliphatic carbocycles. The lowest BCUT2D eigenvalue weighted by atomic mass is 10.6. The van der Waals surface area contributed by atoms with E-state index in [0.29, 0.717) is 0 Å². The van der Waals surface area contributed by atoms with E-state index in [0.717, 1.165) is 10.5 Å². The molecule has 0 aliphatic rings. The van der Waals surface area contributed by atoms with E-state index >= 15 is 0 Å². The first kappa shape index (κ1) is 10.9. The molecule has 0 aromatic heterocycles. The highest BCUT2D eigenvalue weighted by molar-refractivity contribution is 6.70. The Kier molecular flexibility index (Phi) is 5.45. The molecule has 0 amide bonds. The molecule has 0 unspecified atom stereocenters.